The van der Waals surface area contributed by atoms with Crippen LogP contribution in [0.25, 0.3) is 0 Å². The first-order chi connectivity index (χ1) is 7.93. The molecule has 0 bridgehead atoms. The van der Waals surface area contributed by atoms with Gasteiger partial charge < -0.3 is 10.1 Å². The lowest BCUT2D eigenvalue weighted by molar-refractivity contribution is -0.124. The smallest absolute Gasteiger partial charge is 0.231 e. The van der Waals surface area contributed by atoms with Gasteiger partial charge in [-0.1, -0.05) is 23.2 Å². The van der Waals surface area contributed by atoms with Crippen molar-refractivity contribution in [2.45, 2.75) is 13.3 Å². The summed E-state index contributed by atoms with van der Waals surface area (Å²) in [6.07, 6.45) is -0.179. The summed E-state index contributed by atoms with van der Waals surface area (Å²) >= 11 is 11.8. The number of carbonyl (C=O) groups is 2. The Kier molecular flexibility index (Phi) is 4.78. The van der Waals surface area contributed by atoms with Gasteiger partial charge in [-0.25, -0.2) is 0 Å². The Bertz CT molecular complexity index is 437. The zero-order valence-electron chi connectivity index (χ0n) is 9.34. The molecule has 1 rings (SSSR count). The number of anilines is 1. The number of halogens is 2. The van der Waals surface area contributed by atoms with Crippen LogP contribution in [0.4, 0.5) is 5.69 Å². The lowest BCUT2D eigenvalue weighted by Gasteiger charge is -2.09. The van der Waals surface area contributed by atoms with Gasteiger partial charge in [0.15, 0.2) is 5.75 Å². The number of Topliss-reactive ketones (excluding diaryl/α,β-unsaturated/α-hetero) is 1. The molecule has 0 spiro atoms. The van der Waals surface area contributed by atoms with Gasteiger partial charge in [-0.05, 0) is 19.1 Å². The number of carbonyl (C=O) groups excluding carboxylic acids is 2. The number of methoxy groups -OCH3 is 1. The minimum absolute atomic E-state index is 0.179. The molecule has 0 unspecified atom stereocenters. The molecule has 6 heteroatoms. The highest BCUT2D eigenvalue weighted by Gasteiger charge is 2.11. The fraction of sp³-hybridized carbons (Fsp3) is 0.273. The molecule has 1 aromatic rings. The number of ketones is 1. The minimum Gasteiger partial charge on any atom is -0.494 e. The molecule has 1 N–H and O–H groups in total. The Morgan fingerprint density at radius 2 is 1.82 bits per heavy atom. The highest BCUT2D eigenvalue weighted by Crippen LogP contribution is 2.35. The Hall–Kier alpha value is -1.26. The van der Waals surface area contributed by atoms with Crippen molar-refractivity contribution in [1.82, 2.24) is 0 Å². The van der Waals surface area contributed by atoms with E-state index in [0.29, 0.717) is 11.4 Å². The van der Waals surface area contributed by atoms with E-state index in [4.69, 9.17) is 27.9 Å². The number of hydrogen-bond acceptors (Lipinski definition) is 3. The van der Waals surface area contributed by atoms with Crippen LogP contribution < -0.4 is 10.1 Å². The van der Waals surface area contributed by atoms with Crippen molar-refractivity contribution in [3.05, 3.63) is 22.2 Å². The minimum atomic E-state index is -0.408. The monoisotopic (exact) mass is 275 g/mol. The molecule has 0 aliphatic carbocycles. The molecule has 92 valence electrons. The first kappa shape index (κ1) is 13.8. The molecule has 0 aliphatic rings. The van der Waals surface area contributed by atoms with Crippen LogP contribution in [0.2, 0.25) is 10.0 Å². The van der Waals surface area contributed by atoms with Gasteiger partial charge in [0.05, 0.1) is 23.6 Å². The molecule has 4 nitrogen and oxygen atoms in total. The predicted octanol–water partition coefficient (Wildman–Crippen LogP) is 2.92. The third kappa shape index (κ3) is 3.91. The second kappa shape index (κ2) is 5.89. The average Bonchev–Trinajstić information content (AvgIpc) is 2.15. The highest BCUT2D eigenvalue weighted by atomic mass is 35.5. The zero-order valence-corrected chi connectivity index (χ0v) is 10.9. The Balaban J connectivity index is 2.86. The Labute approximate surface area is 109 Å². The molecule has 0 heterocycles. The first-order valence-electron chi connectivity index (χ1n) is 4.76. The summed E-state index contributed by atoms with van der Waals surface area (Å²) in [5.74, 6) is -0.277. The Morgan fingerprint density at radius 1 is 1.29 bits per heavy atom. The van der Waals surface area contributed by atoms with Crippen molar-refractivity contribution < 1.29 is 14.3 Å². The maximum Gasteiger partial charge on any atom is 0.231 e. The Morgan fingerprint density at radius 3 is 2.24 bits per heavy atom. The number of amides is 1. The van der Waals surface area contributed by atoms with E-state index in [1.54, 1.807) is 0 Å². The van der Waals surface area contributed by atoms with E-state index < -0.39 is 5.91 Å². The van der Waals surface area contributed by atoms with E-state index in [-0.39, 0.29) is 22.2 Å². The van der Waals surface area contributed by atoms with Crippen LogP contribution >= 0.6 is 23.2 Å². The maximum absolute atomic E-state index is 11.4. The summed E-state index contributed by atoms with van der Waals surface area (Å²) in [4.78, 5) is 22.1. The molecule has 0 atom stereocenters. The van der Waals surface area contributed by atoms with Gasteiger partial charge in [-0.15, -0.1) is 0 Å². The van der Waals surface area contributed by atoms with E-state index in [1.165, 1.54) is 26.2 Å². The molecule has 1 aromatic carbocycles. The van der Waals surface area contributed by atoms with E-state index in [1.807, 2.05) is 0 Å². The van der Waals surface area contributed by atoms with Gasteiger partial charge in [0.25, 0.3) is 0 Å². The molecular weight excluding hydrogens is 265 g/mol. The van der Waals surface area contributed by atoms with Crippen LogP contribution in [-0.2, 0) is 9.59 Å². The topological polar surface area (TPSA) is 55.4 Å². The summed E-state index contributed by atoms with van der Waals surface area (Å²) < 4.78 is 4.97. The fourth-order valence-corrected chi connectivity index (χ4v) is 1.90. The molecule has 1 amide bonds. The summed E-state index contributed by atoms with van der Waals surface area (Å²) in [6, 6.07) is 3.01. The second-order valence-electron chi connectivity index (χ2n) is 3.40. The summed E-state index contributed by atoms with van der Waals surface area (Å²) in [5, 5.41) is 3.10. The third-order valence-electron chi connectivity index (χ3n) is 1.90. The quantitative estimate of drug-likeness (QED) is 0.860. The number of hydrogen-bond donors (Lipinski definition) is 1. The summed E-state index contributed by atoms with van der Waals surface area (Å²) in [7, 11) is 1.45. The van der Waals surface area contributed by atoms with Crippen molar-refractivity contribution in [3.63, 3.8) is 0 Å². The molecule has 0 fully saturated rings. The summed E-state index contributed by atoms with van der Waals surface area (Å²) in [6.45, 7) is 1.34. The summed E-state index contributed by atoms with van der Waals surface area (Å²) in [5.41, 5.74) is 0.423. The van der Waals surface area contributed by atoms with Crippen molar-refractivity contribution in [2.24, 2.45) is 0 Å². The normalized spacial score (nSPS) is 9.88. The van der Waals surface area contributed by atoms with Crippen LogP contribution in [-0.4, -0.2) is 18.8 Å². The van der Waals surface area contributed by atoms with Gasteiger partial charge in [0.2, 0.25) is 5.91 Å². The second-order valence-corrected chi connectivity index (χ2v) is 4.21. The van der Waals surface area contributed by atoms with Crippen LogP contribution in [0.5, 0.6) is 5.75 Å². The van der Waals surface area contributed by atoms with Gasteiger partial charge in [0, 0.05) is 5.69 Å². The first-order valence-corrected chi connectivity index (χ1v) is 5.52. The fourth-order valence-electron chi connectivity index (χ4n) is 1.26. The largest absolute Gasteiger partial charge is 0.494 e. The van der Waals surface area contributed by atoms with Gasteiger partial charge in [-0.3, -0.25) is 9.59 Å². The number of rotatable bonds is 4. The third-order valence-corrected chi connectivity index (χ3v) is 2.46. The van der Waals surface area contributed by atoms with Crippen molar-refractivity contribution >= 4 is 40.6 Å². The number of nitrogens with one attached hydrogen (secondary N) is 1. The maximum atomic E-state index is 11.4. The molecule has 0 aromatic heterocycles. The standard InChI is InChI=1S/C11H11Cl2NO3/c1-6(15)3-10(16)14-7-4-8(12)11(17-2)9(13)5-7/h4-5H,3H2,1-2H3,(H,14,16). The number of benzene rings is 1. The highest BCUT2D eigenvalue weighted by molar-refractivity contribution is 6.37. The van der Waals surface area contributed by atoms with Gasteiger partial charge >= 0.3 is 0 Å². The van der Waals surface area contributed by atoms with E-state index in [2.05, 4.69) is 5.32 Å². The van der Waals surface area contributed by atoms with Crippen LogP contribution in [0.15, 0.2) is 12.1 Å². The van der Waals surface area contributed by atoms with Crippen molar-refractivity contribution in [1.29, 1.82) is 0 Å². The van der Waals surface area contributed by atoms with Crippen LogP contribution in [0, 0.1) is 0 Å². The van der Waals surface area contributed by atoms with Crippen LogP contribution in [0.1, 0.15) is 13.3 Å². The van der Waals surface area contributed by atoms with Crippen LogP contribution in [0.3, 0.4) is 0 Å². The lowest BCUT2D eigenvalue weighted by Crippen LogP contribution is -2.14. The van der Waals surface area contributed by atoms with Crippen molar-refractivity contribution in [3.8, 4) is 5.75 Å². The molecule has 17 heavy (non-hydrogen) atoms. The van der Waals surface area contributed by atoms with Gasteiger partial charge in [-0.2, -0.15) is 0 Å². The molecule has 0 aliphatic heterocycles. The molecule has 0 saturated carbocycles. The lowest BCUT2D eigenvalue weighted by atomic mass is 10.2. The molecule has 0 radical (unpaired) electrons. The van der Waals surface area contributed by atoms with E-state index in [9.17, 15) is 9.59 Å². The number of ether oxygens (including phenoxy) is 1. The molecular formula is C11H11Cl2NO3. The van der Waals surface area contributed by atoms with E-state index >= 15 is 0 Å². The average molecular weight is 276 g/mol. The SMILES string of the molecule is COc1c(Cl)cc(NC(=O)CC(C)=O)cc1Cl. The van der Waals surface area contributed by atoms with Gasteiger partial charge in [0.1, 0.15) is 5.78 Å². The van der Waals surface area contributed by atoms with Crippen molar-refractivity contribution in [2.75, 3.05) is 12.4 Å². The van der Waals surface area contributed by atoms with E-state index in [0.717, 1.165) is 0 Å². The zero-order chi connectivity index (χ0) is 13.0. The predicted molar refractivity (Wildman–Crippen MR) is 66.9 cm³/mol. The molecule has 0 saturated heterocycles.